The highest BCUT2D eigenvalue weighted by molar-refractivity contribution is 5.98. The number of hydrogen-bond acceptors (Lipinski definition) is 3. The van der Waals surface area contributed by atoms with Crippen molar-refractivity contribution in [3.8, 4) is 0 Å². The molecule has 0 radical (unpaired) electrons. The number of nitrogens with zero attached hydrogens (tertiary/aromatic N) is 1. The van der Waals surface area contributed by atoms with Gasteiger partial charge in [-0.2, -0.15) is 0 Å². The van der Waals surface area contributed by atoms with E-state index < -0.39 is 23.5 Å². The average molecular weight is 410 g/mol. The number of rotatable bonds is 4. The minimum Gasteiger partial charge on any atom is -0.353 e. The zero-order valence-electron chi connectivity index (χ0n) is 17.1. The fourth-order valence-corrected chi connectivity index (χ4v) is 4.67. The van der Waals surface area contributed by atoms with Crippen LogP contribution in [0.15, 0.2) is 54.6 Å². The second-order valence-corrected chi connectivity index (χ2v) is 8.33. The Labute approximate surface area is 176 Å². The van der Waals surface area contributed by atoms with Gasteiger partial charge < -0.3 is 10.1 Å². The average Bonchev–Trinajstić information content (AvgIpc) is 3.10. The van der Waals surface area contributed by atoms with E-state index in [1.807, 2.05) is 30.3 Å². The van der Waals surface area contributed by atoms with Gasteiger partial charge in [-0.25, -0.2) is 4.39 Å². The first-order chi connectivity index (χ1) is 14.5. The molecular formula is C24H27FN2O3. The summed E-state index contributed by atoms with van der Waals surface area (Å²) in [7, 11) is 0. The molecule has 1 aliphatic carbocycles. The van der Waals surface area contributed by atoms with E-state index in [-0.39, 0.29) is 18.1 Å². The Balaban J connectivity index is 1.61. The van der Waals surface area contributed by atoms with Crippen LogP contribution in [-0.2, 0) is 16.1 Å². The van der Waals surface area contributed by atoms with Gasteiger partial charge in [-0.15, -0.1) is 0 Å². The Morgan fingerprint density at radius 1 is 1.17 bits per heavy atom. The number of benzene rings is 2. The van der Waals surface area contributed by atoms with Gasteiger partial charge in [0, 0.05) is 6.54 Å². The summed E-state index contributed by atoms with van der Waals surface area (Å²) in [4.78, 5) is 28.1. The molecular weight excluding hydrogens is 383 g/mol. The van der Waals surface area contributed by atoms with Crippen LogP contribution < -0.4 is 5.32 Å². The van der Waals surface area contributed by atoms with Crippen molar-refractivity contribution in [2.45, 2.75) is 50.9 Å². The number of nitrogens with one attached hydrogen (secondary N) is 1. The molecule has 2 aliphatic rings. The topological polar surface area (TPSA) is 58.6 Å². The standard InChI is InChI=1S/C24H27FN2O3/c1-17-8-7-13-24(14-17)27(23(29)19-11-5-6-12-20(19)25)21(16-30-24)22(28)26-15-18-9-3-2-4-10-18/h2-6,9-12,17,21H,7-8,13-16H2,1H3,(H,26,28)/t17-,21-,24+/m0/s1. The molecule has 6 heteroatoms. The molecule has 3 atom stereocenters. The van der Waals surface area contributed by atoms with Crippen LogP contribution in [0.25, 0.3) is 0 Å². The molecule has 0 unspecified atom stereocenters. The molecule has 158 valence electrons. The van der Waals surface area contributed by atoms with Crippen LogP contribution in [0.4, 0.5) is 4.39 Å². The third-order valence-electron chi connectivity index (χ3n) is 6.13. The van der Waals surface area contributed by atoms with E-state index >= 15 is 0 Å². The maximum Gasteiger partial charge on any atom is 0.259 e. The van der Waals surface area contributed by atoms with Gasteiger partial charge in [-0.05, 0) is 42.9 Å². The van der Waals surface area contributed by atoms with Gasteiger partial charge in [0.15, 0.2) is 0 Å². The predicted octanol–water partition coefficient (Wildman–Crippen LogP) is 3.89. The van der Waals surface area contributed by atoms with E-state index in [0.29, 0.717) is 25.3 Å². The van der Waals surface area contributed by atoms with E-state index in [2.05, 4.69) is 12.2 Å². The molecule has 2 aromatic rings. The maximum absolute atomic E-state index is 14.4. The van der Waals surface area contributed by atoms with Crippen LogP contribution >= 0.6 is 0 Å². The molecule has 2 amide bonds. The lowest BCUT2D eigenvalue weighted by atomic mass is 9.83. The summed E-state index contributed by atoms with van der Waals surface area (Å²) < 4.78 is 20.6. The molecule has 1 heterocycles. The molecule has 0 aromatic heterocycles. The number of ether oxygens (including phenoxy) is 1. The van der Waals surface area contributed by atoms with Crippen LogP contribution in [0.2, 0.25) is 0 Å². The summed E-state index contributed by atoms with van der Waals surface area (Å²) in [6.07, 6.45) is 3.26. The first kappa shape index (κ1) is 20.5. The molecule has 1 spiro atoms. The molecule has 4 rings (SSSR count). The first-order valence-corrected chi connectivity index (χ1v) is 10.5. The summed E-state index contributed by atoms with van der Waals surface area (Å²) >= 11 is 0. The quantitative estimate of drug-likeness (QED) is 0.832. The molecule has 5 nitrogen and oxygen atoms in total. The van der Waals surface area contributed by atoms with Gasteiger partial charge in [0.05, 0.1) is 12.2 Å². The Kier molecular flexibility index (Phi) is 5.86. The molecule has 1 aliphatic heterocycles. The summed E-state index contributed by atoms with van der Waals surface area (Å²) in [6.45, 7) is 2.60. The summed E-state index contributed by atoms with van der Waals surface area (Å²) in [6, 6.07) is 14.7. The minimum atomic E-state index is -0.855. The molecule has 1 N–H and O–H groups in total. The zero-order valence-corrected chi connectivity index (χ0v) is 17.1. The summed E-state index contributed by atoms with van der Waals surface area (Å²) in [5.74, 6) is -0.990. The Hall–Kier alpha value is -2.73. The highest BCUT2D eigenvalue weighted by Gasteiger charge is 2.54. The zero-order chi connectivity index (χ0) is 21.1. The van der Waals surface area contributed by atoms with Crippen LogP contribution in [0, 0.1) is 11.7 Å². The van der Waals surface area contributed by atoms with Crippen molar-refractivity contribution in [1.82, 2.24) is 10.2 Å². The smallest absolute Gasteiger partial charge is 0.259 e. The van der Waals surface area contributed by atoms with Gasteiger partial charge in [-0.3, -0.25) is 14.5 Å². The molecule has 0 bridgehead atoms. The molecule has 2 fully saturated rings. The van der Waals surface area contributed by atoms with Gasteiger partial charge in [0.2, 0.25) is 5.91 Å². The van der Waals surface area contributed by atoms with Crippen molar-refractivity contribution >= 4 is 11.8 Å². The normalized spacial score (nSPS) is 26.0. The number of halogens is 1. The van der Waals surface area contributed by atoms with Crippen molar-refractivity contribution in [3.63, 3.8) is 0 Å². The van der Waals surface area contributed by atoms with Crippen molar-refractivity contribution < 1.29 is 18.7 Å². The van der Waals surface area contributed by atoms with Crippen molar-refractivity contribution in [2.24, 2.45) is 5.92 Å². The minimum absolute atomic E-state index is 0.0264. The van der Waals surface area contributed by atoms with Crippen LogP contribution in [0.1, 0.15) is 48.5 Å². The second kappa shape index (κ2) is 8.56. The van der Waals surface area contributed by atoms with Gasteiger partial charge >= 0.3 is 0 Å². The van der Waals surface area contributed by atoms with Crippen LogP contribution in [0.3, 0.4) is 0 Å². The van der Waals surface area contributed by atoms with E-state index in [1.54, 1.807) is 12.1 Å². The van der Waals surface area contributed by atoms with Gasteiger partial charge in [-0.1, -0.05) is 55.8 Å². The van der Waals surface area contributed by atoms with E-state index in [9.17, 15) is 14.0 Å². The Bertz CT molecular complexity index is 920. The third kappa shape index (κ3) is 3.97. The lowest BCUT2D eigenvalue weighted by Crippen LogP contribution is -2.57. The Morgan fingerprint density at radius 2 is 1.90 bits per heavy atom. The molecule has 1 saturated heterocycles. The number of carbonyl (C=O) groups is 2. The first-order valence-electron chi connectivity index (χ1n) is 10.5. The fourth-order valence-electron chi connectivity index (χ4n) is 4.67. The maximum atomic E-state index is 14.4. The lowest BCUT2D eigenvalue weighted by Gasteiger charge is -2.43. The van der Waals surface area contributed by atoms with Crippen molar-refractivity contribution in [2.75, 3.05) is 6.61 Å². The van der Waals surface area contributed by atoms with Crippen LogP contribution in [-0.4, -0.2) is 35.1 Å². The highest BCUT2D eigenvalue weighted by Crippen LogP contribution is 2.43. The molecule has 1 saturated carbocycles. The van der Waals surface area contributed by atoms with Crippen LogP contribution in [0.5, 0.6) is 0 Å². The number of amides is 2. The monoisotopic (exact) mass is 410 g/mol. The molecule has 2 aromatic carbocycles. The summed E-state index contributed by atoms with van der Waals surface area (Å²) in [5, 5.41) is 2.92. The predicted molar refractivity (Wildman–Crippen MR) is 111 cm³/mol. The second-order valence-electron chi connectivity index (χ2n) is 8.33. The fraction of sp³-hybridized carbons (Fsp3) is 0.417. The number of carbonyl (C=O) groups excluding carboxylic acids is 2. The SMILES string of the molecule is C[C@H]1CCC[C@]2(C1)OC[C@@H](C(=O)NCc1ccccc1)N2C(=O)c1ccccc1F. The largest absolute Gasteiger partial charge is 0.353 e. The Morgan fingerprint density at radius 3 is 2.63 bits per heavy atom. The van der Waals surface area contributed by atoms with Crippen molar-refractivity contribution in [1.29, 1.82) is 0 Å². The van der Waals surface area contributed by atoms with E-state index in [4.69, 9.17) is 4.74 Å². The number of hydrogen-bond donors (Lipinski definition) is 1. The van der Waals surface area contributed by atoms with Gasteiger partial charge in [0.25, 0.3) is 5.91 Å². The van der Waals surface area contributed by atoms with Crippen molar-refractivity contribution in [3.05, 3.63) is 71.5 Å². The highest BCUT2D eigenvalue weighted by atomic mass is 19.1. The van der Waals surface area contributed by atoms with E-state index in [1.165, 1.54) is 17.0 Å². The summed E-state index contributed by atoms with van der Waals surface area (Å²) in [5.41, 5.74) is 0.0883. The lowest BCUT2D eigenvalue weighted by molar-refractivity contribution is -0.128. The molecule has 30 heavy (non-hydrogen) atoms. The van der Waals surface area contributed by atoms with E-state index in [0.717, 1.165) is 18.4 Å². The van der Waals surface area contributed by atoms with Gasteiger partial charge in [0.1, 0.15) is 17.6 Å². The third-order valence-corrected chi connectivity index (χ3v) is 6.13.